The topological polar surface area (TPSA) is 117 Å². The molecule has 10 nitrogen and oxygen atoms in total. The molecular formula is C17H13Cl2FN8O2S. The van der Waals surface area contributed by atoms with Crippen LogP contribution < -0.4 is 5.32 Å². The Hall–Kier alpha value is -3.09. The van der Waals surface area contributed by atoms with Crippen LogP contribution in [0.3, 0.4) is 0 Å². The molecular weight excluding hydrogens is 470 g/mol. The van der Waals surface area contributed by atoms with Crippen molar-refractivity contribution in [3.8, 4) is 0 Å². The van der Waals surface area contributed by atoms with Gasteiger partial charge in [0.05, 0.1) is 24.4 Å². The highest BCUT2D eigenvalue weighted by atomic mass is 35.5. The minimum Gasteiger partial charge on any atom is -0.358 e. The smallest absolute Gasteiger partial charge is 0.358 e. The van der Waals surface area contributed by atoms with Gasteiger partial charge in [0.1, 0.15) is 10.8 Å². The highest BCUT2D eigenvalue weighted by molar-refractivity contribution is 7.15. The zero-order valence-electron chi connectivity index (χ0n) is 15.6. The molecule has 0 radical (unpaired) electrons. The summed E-state index contributed by atoms with van der Waals surface area (Å²) >= 11 is 13.2. The third-order valence-electron chi connectivity index (χ3n) is 4.15. The molecule has 0 aliphatic rings. The van der Waals surface area contributed by atoms with Crippen LogP contribution in [0.2, 0.25) is 10.0 Å². The van der Waals surface area contributed by atoms with Crippen molar-refractivity contribution in [2.24, 2.45) is 0 Å². The second kappa shape index (κ2) is 8.96. The molecule has 0 aliphatic heterocycles. The summed E-state index contributed by atoms with van der Waals surface area (Å²) in [7, 11) is 0. The lowest BCUT2D eigenvalue weighted by Crippen LogP contribution is -2.04. The summed E-state index contributed by atoms with van der Waals surface area (Å²) in [5, 5.41) is 31.7. The van der Waals surface area contributed by atoms with Crippen LogP contribution in [-0.2, 0) is 19.5 Å². The molecule has 31 heavy (non-hydrogen) atoms. The molecule has 0 atom stereocenters. The Balaban J connectivity index is 1.36. The first kappa shape index (κ1) is 21.2. The van der Waals surface area contributed by atoms with Gasteiger partial charge in [-0.25, -0.2) is 4.39 Å². The van der Waals surface area contributed by atoms with E-state index in [4.69, 9.17) is 23.2 Å². The second-order valence-corrected chi connectivity index (χ2v) is 8.17. The summed E-state index contributed by atoms with van der Waals surface area (Å²) in [6, 6.07) is 6.25. The molecule has 4 aromatic rings. The van der Waals surface area contributed by atoms with Crippen LogP contribution in [0.25, 0.3) is 0 Å². The Bertz CT molecular complexity index is 1220. The van der Waals surface area contributed by atoms with Crippen molar-refractivity contribution < 1.29 is 9.31 Å². The lowest BCUT2D eigenvalue weighted by atomic mass is 10.2. The van der Waals surface area contributed by atoms with Gasteiger partial charge in [-0.05, 0) is 17.1 Å². The number of nitrogens with zero attached hydrogens (tertiary/aromatic N) is 7. The maximum Gasteiger partial charge on any atom is 0.408 e. The Morgan fingerprint density at radius 3 is 2.74 bits per heavy atom. The first-order valence-electron chi connectivity index (χ1n) is 8.82. The number of rotatable bonds is 8. The average Bonchev–Trinajstić information content (AvgIpc) is 3.44. The van der Waals surface area contributed by atoms with Crippen LogP contribution in [0.5, 0.6) is 0 Å². The molecule has 0 bridgehead atoms. The number of hydrogen-bond acceptors (Lipinski definition) is 8. The van der Waals surface area contributed by atoms with Crippen molar-refractivity contribution in [1.82, 2.24) is 29.8 Å². The summed E-state index contributed by atoms with van der Waals surface area (Å²) in [4.78, 5) is 10.2. The van der Waals surface area contributed by atoms with Crippen LogP contribution in [0.1, 0.15) is 10.6 Å². The van der Waals surface area contributed by atoms with E-state index >= 15 is 0 Å². The van der Waals surface area contributed by atoms with E-state index in [-0.39, 0.29) is 17.4 Å². The molecule has 3 heterocycles. The second-order valence-electron chi connectivity index (χ2n) is 6.30. The lowest BCUT2D eigenvalue weighted by molar-refractivity contribution is -0.389. The third kappa shape index (κ3) is 4.98. The monoisotopic (exact) mass is 482 g/mol. The number of nitro groups is 1. The summed E-state index contributed by atoms with van der Waals surface area (Å²) < 4.78 is 16.9. The molecule has 0 aliphatic carbocycles. The van der Waals surface area contributed by atoms with Gasteiger partial charge in [-0.15, -0.1) is 10.2 Å². The van der Waals surface area contributed by atoms with Gasteiger partial charge >= 0.3 is 5.82 Å². The minimum absolute atomic E-state index is 0.0168. The normalized spacial score (nSPS) is 11.1. The largest absolute Gasteiger partial charge is 0.408 e. The number of anilines is 2. The number of aromatic nitrogens is 6. The minimum atomic E-state index is -0.634. The van der Waals surface area contributed by atoms with Crippen molar-refractivity contribution in [3.63, 3.8) is 0 Å². The van der Waals surface area contributed by atoms with E-state index in [1.807, 2.05) is 0 Å². The summed E-state index contributed by atoms with van der Waals surface area (Å²) in [6.07, 6.45) is 3.56. The van der Waals surface area contributed by atoms with E-state index < -0.39 is 10.7 Å². The third-order valence-corrected chi connectivity index (χ3v) is 5.67. The fourth-order valence-electron chi connectivity index (χ4n) is 2.71. The molecule has 160 valence electrons. The van der Waals surface area contributed by atoms with Crippen molar-refractivity contribution in [3.05, 3.63) is 73.2 Å². The van der Waals surface area contributed by atoms with Crippen molar-refractivity contribution >= 4 is 51.3 Å². The van der Waals surface area contributed by atoms with Crippen molar-refractivity contribution in [1.29, 1.82) is 0 Å². The molecule has 1 aromatic carbocycles. The summed E-state index contributed by atoms with van der Waals surface area (Å²) in [6.45, 7) is 0.549. The van der Waals surface area contributed by atoms with Crippen LogP contribution in [0, 0.1) is 15.9 Å². The van der Waals surface area contributed by atoms with Crippen molar-refractivity contribution in [2.45, 2.75) is 19.5 Å². The van der Waals surface area contributed by atoms with Gasteiger partial charge in [0.25, 0.3) is 0 Å². The predicted molar refractivity (Wildman–Crippen MR) is 114 cm³/mol. The Labute approximate surface area is 188 Å². The number of halogens is 3. The fourth-order valence-corrected chi connectivity index (χ4v) is 3.89. The number of aryl methyl sites for hydroxylation is 2. The molecule has 4 rings (SSSR count). The Kier molecular flexibility index (Phi) is 6.11. The van der Waals surface area contributed by atoms with Gasteiger partial charge in [-0.1, -0.05) is 40.6 Å². The summed E-state index contributed by atoms with van der Waals surface area (Å²) in [5.74, 6) is -0.256. The predicted octanol–water partition coefficient (Wildman–Crippen LogP) is 4.32. The van der Waals surface area contributed by atoms with E-state index in [0.717, 1.165) is 0 Å². The van der Waals surface area contributed by atoms with Gasteiger partial charge in [0.2, 0.25) is 5.13 Å². The number of hydrogen-bond donors (Lipinski definition) is 1. The Morgan fingerprint density at radius 1 is 1.16 bits per heavy atom. The molecule has 14 heteroatoms. The van der Waals surface area contributed by atoms with E-state index in [2.05, 4.69) is 25.7 Å². The van der Waals surface area contributed by atoms with E-state index in [1.54, 1.807) is 29.1 Å². The fraction of sp³-hybridized carbons (Fsp3) is 0.176. The van der Waals surface area contributed by atoms with Gasteiger partial charge < -0.3 is 15.4 Å². The maximum absolute atomic E-state index is 13.9. The first-order valence-corrected chi connectivity index (χ1v) is 10.4. The molecule has 1 N–H and O–H groups in total. The van der Waals surface area contributed by atoms with Gasteiger partial charge in [0.15, 0.2) is 10.8 Å². The summed E-state index contributed by atoms with van der Waals surface area (Å²) in [5.41, 5.74) is 0.357. The molecule has 0 fully saturated rings. The van der Waals surface area contributed by atoms with Crippen LogP contribution in [0.4, 0.5) is 21.2 Å². The molecule has 0 saturated carbocycles. The van der Waals surface area contributed by atoms with Crippen LogP contribution in [-0.4, -0.2) is 34.7 Å². The SMILES string of the molecule is O=[N+]([O-])c1nn(CCc2nnc(Nc3ccn(Cc4c(F)cccc4Cl)n3)s2)cc1Cl. The number of benzene rings is 1. The number of nitrogens with one attached hydrogen (secondary N) is 1. The lowest BCUT2D eigenvalue weighted by Gasteiger charge is -2.05. The molecule has 3 aromatic heterocycles. The quantitative estimate of drug-likeness (QED) is 0.293. The molecule has 0 saturated heterocycles. The molecule has 0 spiro atoms. The zero-order chi connectivity index (χ0) is 22.0. The van der Waals surface area contributed by atoms with Crippen LogP contribution >= 0.6 is 34.5 Å². The van der Waals surface area contributed by atoms with Crippen molar-refractivity contribution in [2.75, 3.05) is 5.32 Å². The zero-order valence-corrected chi connectivity index (χ0v) is 17.9. The first-order chi connectivity index (χ1) is 14.9. The molecule has 0 amide bonds. The van der Waals surface area contributed by atoms with E-state index in [1.165, 1.54) is 28.3 Å². The Morgan fingerprint density at radius 2 is 2.00 bits per heavy atom. The standard InChI is InChI=1S/C17H13Cl2FN8O2S/c18-11-2-1-3-13(20)10(11)8-26-6-4-14(24-26)21-17-23-22-15(31-17)5-7-27-9-12(19)16(25-27)28(29)30/h1-4,6,9H,5,7-8H2,(H,21,23,24). The highest BCUT2D eigenvalue weighted by Gasteiger charge is 2.19. The van der Waals surface area contributed by atoms with E-state index in [9.17, 15) is 14.5 Å². The van der Waals surface area contributed by atoms with E-state index in [0.29, 0.717) is 39.5 Å². The van der Waals surface area contributed by atoms with Gasteiger partial charge in [0, 0.05) is 29.3 Å². The molecule has 0 unspecified atom stereocenters. The van der Waals surface area contributed by atoms with Crippen LogP contribution in [0.15, 0.2) is 36.7 Å². The maximum atomic E-state index is 13.9. The van der Waals surface area contributed by atoms with Gasteiger partial charge in [-0.3, -0.25) is 4.68 Å². The highest BCUT2D eigenvalue weighted by Crippen LogP contribution is 2.24. The average molecular weight is 483 g/mol. The van der Waals surface area contributed by atoms with Gasteiger partial charge in [-0.2, -0.15) is 9.78 Å².